The number of ether oxygens (including phenoxy) is 1. The summed E-state index contributed by atoms with van der Waals surface area (Å²) in [7, 11) is -3.68. The number of para-hydroxylation sites is 2. The van der Waals surface area contributed by atoms with Crippen molar-refractivity contribution in [3.63, 3.8) is 0 Å². The number of fused-ring (bicyclic) bond motifs is 1. The van der Waals surface area contributed by atoms with E-state index in [0.717, 1.165) is 21.9 Å². The lowest BCUT2D eigenvalue weighted by atomic mass is 10.2. The maximum Gasteiger partial charge on any atom is 0.233 e. The number of nitrogens with zero attached hydrogens (tertiary/aromatic N) is 2. The minimum atomic E-state index is -3.68. The third-order valence-electron chi connectivity index (χ3n) is 3.97. The lowest BCUT2D eigenvalue weighted by molar-refractivity contribution is 0.164. The highest BCUT2D eigenvalue weighted by Gasteiger charge is 2.21. The number of halogens is 1. The Balaban J connectivity index is 1.90. The maximum atomic E-state index is 12.9. The number of benzene rings is 2. The van der Waals surface area contributed by atoms with E-state index in [0.29, 0.717) is 18.7 Å². The molecule has 7 heteroatoms. The summed E-state index contributed by atoms with van der Waals surface area (Å²) in [5.41, 5.74) is 2.48. The van der Waals surface area contributed by atoms with Crippen LogP contribution in [-0.2, 0) is 21.1 Å². The molecule has 0 unspecified atom stereocenters. The number of imidazole rings is 1. The zero-order valence-corrected chi connectivity index (χ0v) is 17.8. The Morgan fingerprint density at radius 3 is 2.59 bits per heavy atom. The van der Waals surface area contributed by atoms with E-state index >= 15 is 0 Å². The Labute approximate surface area is 173 Å². The number of rotatable bonds is 9. The lowest BCUT2D eigenvalue weighted by Gasteiger charge is -2.08. The van der Waals surface area contributed by atoms with E-state index in [1.54, 1.807) is 4.57 Å². The SMILES string of the molecule is O=S(=O)(/C=C/COCCCI)c1nc2ccccc2n1Cc1ccccc1. The van der Waals surface area contributed by atoms with Crippen LogP contribution in [0, 0.1) is 0 Å². The summed E-state index contributed by atoms with van der Waals surface area (Å²) in [6.45, 7) is 1.34. The van der Waals surface area contributed by atoms with Crippen LogP contribution >= 0.6 is 22.6 Å². The van der Waals surface area contributed by atoms with Gasteiger partial charge in [-0.1, -0.05) is 65.1 Å². The summed E-state index contributed by atoms with van der Waals surface area (Å²) in [5, 5.41) is 1.25. The molecule has 0 radical (unpaired) electrons. The van der Waals surface area contributed by atoms with Gasteiger partial charge in [-0.2, -0.15) is 0 Å². The Morgan fingerprint density at radius 2 is 1.81 bits per heavy atom. The smallest absolute Gasteiger partial charge is 0.233 e. The molecule has 0 atom stereocenters. The van der Waals surface area contributed by atoms with Gasteiger partial charge in [-0.05, 0) is 30.2 Å². The van der Waals surface area contributed by atoms with Crippen molar-refractivity contribution >= 4 is 43.5 Å². The van der Waals surface area contributed by atoms with Crippen molar-refractivity contribution in [2.24, 2.45) is 0 Å². The molecule has 142 valence electrons. The molecule has 1 aromatic heterocycles. The largest absolute Gasteiger partial charge is 0.377 e. The van der Waals surface area contributed by atoms with Crippen LogP contribution < -0.4 is 0 Å². The van der Waals surface area contributed by atoms with Crippen LogP contribution in [0.1, 0.15) is 12.0 Å². The summed E-state index contributed by atoms with van der Waals surface area (Å²) < 4.78 is 33.9. The van der Waals surface area contributed by atoms with E-state index in [1.807, 2.05) is 54.6 Å². The van der Waals surface area contributed by atoms with Gasteiger partial charge < -0.3 is 9.30 Å². The van der Waals surface area contributed by atoms with E-state index < -0.39 is 9.84 Å². The third kappa shape index (κ3) is 5.18. The average molecular weight is 496 g/mol. The predicted octanol–water partition coefficient (Wildman–Crippen LogP) is 4.21. The summed E-state index contributed by atoms with van der Waals surface area (Å²) >= 11 is 2.28. The molecule has 0 amide bonds. The normalized spacial score (nSPS) is 12.2. The van der Waals surface area contributed by atoms with Gasteiger partial charge in [-0.25, -0.2) is 13.4 Å². The first-order valence-corrected chi connectivity index (χ1v) is 11.7. The summed E-state index contributed by atoms with van der Waals surface area (Å²) in [4.78, 5) is 4.39. The van der Waals surface area contributed by atoms with Crippen LogP contribution in [0.4, 0.5) is 0 Å². The Morgan fingerprint density at radius 1 is 1.07 bits per heavy atom. The molecule has 0 bridgehead atoms. The van der Waals surface area contributed by atoms with Crippen molar-refractivity contribution in [1.29, 1.82) is 0 Å². The van der Waals surface area contributed by atoms with Gasteiger partial charge in [0.15, 0.2) is 0 Å². The molecule has 2 aromatic carbocycles. The van der Waals surface area contributed by atoms with E-state index in [9.17, 15) is 8.42 Å². The molecule has 0 saturated heterocycles. The van der Waals surface area contributed by atoms with Crippen molar-refractivity contribution in [2.75, 3.05) is 17.6 Å². The minimum Gasteiger partial charge on any atom is -0.377 e. The average Bonchev–Trinajstić information content (AvgIpc) is 3.05. The first-order valence-electron chi connectivity index (χ1n) is 8.66. The molecule has 3 rings (SSSR count). The van der Waals surface area contributed by atoms with E-state index in [1.165, 1.54) is 11.5 Å². The van der Waals surface area contributed by atoms with Gasteiger partial charge in [0.2, 0.25) is 15.0 Å². The van der Waals surface area contributed by atoms with Gasteiger partial charge in [0.05, 0.1) is 24.2 Å². The second-order valence-electron chi connectivity index (χ2n) is 5.99. The first-order chi connectivity index (χ1) is 13.1. The lowest BCUT2D eigenvalue weighted by Crippen LogP contribution is -2.10. The van der Waals surface area contributed by atoms with Crippen molar-refractivity contribution in [3.8, 4) is 0 Å². The molecule has 0 aliphatic heterocycles. The van der Waals surface area contributed by atoms with E-state index in [2.05, 4.69) is 27.6 Å². The topological polar surface area (TPSA) is 61.2 Å². The van der Waals surface area contributed by atoms with Crippen molar-refractivity contribution in [2.45, 2.75) is 18.1 Å². The first kappa shape index (κ1) is 20.0. The van der Waals surface area contributed by atoms with Crippen LogP contribution in [-0.4, -0.2) is 35.6 Å². The molecular formula is C20H21IN2O3S. The molecule has 0 saturated carbocycles. The van der Waals surface area contributed by atoms with Crippen molar-refractivity contribution < 1.29 is 13.2 Å². The fraction of sp³-hybridized carbons (Fsp3) is 0.250. The number of hydrogen-bond donors (Lipinski definition) is 0. The van der Waals surface area contributed by atoms with Crippen LogP contribution in [0.3, 0.4) is 0 Å². The van der Waals surface area contributed by atoms with Gasteiger partial charge in [0, 0.05) is 16.4 Å². The molecule has 0 aliphatic rings. The molecule has 0 spiro atoms. The monoisotopic (exact) mass is 496 g/mol. The number of hydrogen-bond acceptors (Lipinski definition) is 4. The van der Waals surface area contributed by atoms with Crippen LogP contribution in [0.2, 0.25) is 0 Å². The highest BCUT2D eigenvalue weighted by atomic mass is 127. The molecule has 3 aromatic rings. The third-order valence-corrected chi connectivity index (χ3v) is 6.10. The number of aromatic nitrogens is 2. The molecule has 1 heterocycles. The van der Waals surface area contributed by atoms with Gasteiger partial charge in [-0.3, -0.25) is 0 Å². The molecule has 0 fully saturated rings. The van der Waals surface area contributed by atoms with Crippen LogP contribution in [0.5, 0.6) is 0 Å². The highest BCUT2D eigenvalue weighted by Crippen LogP contribution is 2.22. The highest BCUT2D eigenvalue weighted by molar-refractivity contribution is 14.1. The zero-order chi connectivity index (χ0) is 19.1. The minimum absolute atomic E-state index is 0.0519. The van der Waals surface area contributed by atoms with Gasteiger partial charge in [-0.15, -0.1) is 0 Å². The number of alkyl halides is 1. The Hall–Kier alpha value is -1.71. The van der Waals surface area contributed by atoms with Crippen LogP contribution in [0.25, 0.3) is 11.0 Å². The maximum absolute atomic E-state index is 12.9. The van der Waals surface area contributed by atoms with Crippen molar-refractivity contribution in [1.82, 2.24) is 9.55 Å². The second kappa shape index (κ2) is 9.48. The molecular weight excluding hydrogens is 475 g/mol. The summed E-state index contributed by atoms with van der Waals surface area (Å²) in [5.74, 6) is 0. The van der Waals surface area contributed by atoms with Crippen LogP contribution in [0.15, 0.2) is 71.2 Å². The summed E-state index contributed by atoms with van der Waals surface area (Å²) in [6.07, 6.45) is 2.49. The molecule has 0 N–H and O–H groups in total. The Bertz CT molecular complexity index is 1010. The fourth-order valence-electron chi connectivity index (χ4n) is 2.72. The van der Waals surface area contributed by atoms with Gasteiger partial charge >= 0.3 is 0 Å². The van der Waals surface area contributed by atoms with E-state index in [4.69, 9.17) is 4.74 Å². The quantitative estimate of drug-likeness (QED) is 0.253. The molecule has 27 heavy (non-hydrogen) atoms. The standard InChI is InChI=1S/C20H21IN2O3S/c21-12-6-13-26-14-7-15-27(24,25)20-22-18-10-4-5-11-19(18)23(20)16-17-8-2-1-3-9-17/h1-5,7-11,15H,6,12-14,16H2/b15-7+. The van der Waals surface area contributed by atoms with Gasteiger partial charge in [0.25, 0.3) is 0 Å². The van der Waals surface area contributed by atoms with E-state index in [-0.39, 0.29) is 11.8 Å². The van der Waals surface area contributed by atoms with Gasteiger partial charge in [0.1, 0.15) is 0 Å². The summed E-state index contributed by atoms with van der Waals surface area (Å²) in [6, 6.07) is 17.2. The predicted molar refractivity (Wildman–Crippen MR) is 116 cm³/mol. The number of sulfone groups is 1. The molecule has 0 aliphatic carbocycles. The van der Waals surface area contributed by atoms with Crippen molar-refractivity contribution in [3.05, 3.63) is 71.6 Å². The molecule has 5 nitrogen and oxygen atoms in total. The second-order valence-corrected chi connectivity index (χ2v) is 8.80. The zero-order valence-electron chi connectivity index (χ0n) is 14.8. The fourth-order valence-corrected chi connectivity index (χ4v) is 4.18. The Kier molecular flexibility index (Phi) is 7.03.